The van der Waals surface area contributed by atoms with Gasteiger partial charge in [-0.1, -0.05) is 24.6 Å². The van der Waals surface area contributed by atoms with E-state index in [0.717, 1.165) is 43.5 Å². The molecule has 1 fully saturated rings. The van der Waals surface area contributed by atoms with E-state index >= 15 is 0 Å². The molecule has 1 heterocycles. The van der Waals surface area contributed by atoms with Gasteiger partial charge in [0.15, 0.2) is 0 Å². The average Bonchev–Trinajstić information content (AvgIpc) is 3.20. The molecule has 4 rings (SSSR count). The number of fused-ring (bicyclic) bond motifs is 1. The van der Waals surface area contributed by atoms with Gasteiger partial charge in [-0.25, -0.2) is 4.79 Å². The van der Waals surface area contributed by atoms with Crippen molar-refractivity contribution in [1.29, 1.82) is 0 Å². The van der Waals surface area contributed by atoms with Crippen LogP contribution in [0.1, 0.15) is 47.2 Å². The summed E-state index contributed by atoms with van der Waals surface area (Å²) in [5.41, 5.74) is 5.13. The number of alkyl halides is 3. The number of aromatic carboxylic acids is 1. The van der Waals surface area contributed by atoms with Gasteiger partial charge in [-0.3, -0.25) is 0 Å². The molecular formula is C22H18F3NO2. The van der Waals surface area contributed by atoms with E-state index in [4.69, 9.17) is 0 Å². The van der Waals surface area contributed by atoms with Crippen molar-refractivity contribution in [2.45, 2.75) is 31.9 Å². The highest BCUT2D eigenvalue weighted by Crippen LogP contribution is 2.44. The predicted molar refractivity (Wildman–Crippen MR) is 100 cm³/mol. The number of hydrogen-bond donors (Lipinski definition) is 1. The van der Waals surface area contributed by atoms with Crippen molar-refractivity contribution in [3.05, 3.63) is 70.6 Å². The Kier molecular flexibility index (Phi) is 4.52. The van der Waals surface area contributed by atoms with Gasteiger partial charge >= 0.3 is 12.1 Å². The van der Waals surface area contributed by atoms with E-state index in [1.165, 1.54) is 12.1 Å². The van der Waals surface area contributed by atoms with Crippen LogP contribution in [-0.4, -0.2) is 11.1 Å². The third-order valence-electron chi connectivity index (χ3n) is 5.31. The van der Waals surface area contributed by atoms with Crippen molar-refractivity contribution in [3.63, 3.8) is 0 Å². The summed E-state index contributed by atoms with van der Waals surface area (Å²) in [6.45, 7) is 0. The molecule has 1 N–H and O–H groups in total. The monoisotopic (exact) mass is 385 g/mol. The van der Waals surface area contributed by atoms with Crippen molar-refractivity contribution in [2.24, 2.45) is 5.92 Å². The highest BCUT2D eigenvalue weighted by Gasteiger charge is 2.33. The normalized spacial score (nSPS) is 16.8. The minimum atomic E-state index is -4.42. The first-order valence-corrected chi connectivity index (χ1v) is 9.16. The highest BCUT2D eigenvalue weighted by molar-refractivity contribution is 5.90. The fourth-order valence-corrected chi connectivity index (χ4v) is 3.95. The quantitative estimate of drug-likeness (QED) is 0.636. The molecule has 2 aliphatic rings. The average molecular weight is 385 g/mol. The Morgan fingerprint density at radius 2 is 1.86 bits per heavy atom. The number of allylic oxidation sites excluding steroid dienone is 1. The summed E-state index contributed by atoms with van der Waals surface area (Å²) in [6.07, 6.45) is 1.35. The molecule has 3 nitrogen and oxygen atoms in total. The lowest BCUT2D eigenvalue weighted by molar-refractivity contribution is -0.137. The van der Waals surface area contributed by atoms with Crippen LogP contribution in [0.3, 0.4) is 0 Å². The SMILES string of the molecule is O=C(O)c1cccc(N2C(C3CCCC3)=C=Cc3cc(C(F)(F)F)ccc32)c1. The van der Waals surface area contributed by atoms with Gasteiger partial charge in [-0.15, -0.1) is 0 Å². The maximum Gasteiger partial charge on any atom is 0.416 e. The fourth-order valence-electron chi connectivity index (χ4n) is 3.95. The Bertz CT molecular complexity index is 997. The summed E-state index contributed by atoms with van der Waals surface area (Å²) < 4.78 is 39.4. The van der Waals surface area contributed by atoms with Crippen LogP contribution in [0.5, 0.6) is 0 Å². The molecule has 28 heavy (non-hydrogen) atoms. The molecule has 144 valence electrons. The molecule has 0 spiro atoms. The number of benzene rings is 2. The third-order valence-corrected chi connectivity index (χ3v) is 5.31. The van der Waals surface area contributed by atoms with Crippen molar-refractivity contribution < 1.29 is 23.1 Å². The summed E-state index contributed by atoms with van der Waals surface area (Å²) in [7, 11) is 0. The van der Waals surface area contributed by atoms with Crippen LogP contribution in [-0.2, 0) is 6.18 Å². The Hall–Kier alpha value is -2.98. The van der Waals surface area contributed by atoms with Crippen molar-refractivity contribution >= 4 is 23.4 Å². The second kappa shape index (κ2) is 6.88. The number of halogens is 3. The first-order chi connectivity index (χ1) is 13.3. The van der Waals surface area contributed by atoms with Crippen LogP contribution in [0, 0.1) is 5.92 Å². The van der Waals surface area contributed by atoms with Crippen molar-refractivity contribution in [2.75, 3.05) is 4.90 Å². The third kappa shape index (κ3) is 3.32. The zero-order valence-corrected chi connectivity index (χ0v) is 15.0. The minimum Gasteiger partial charge on any atom is -0.478 e. The van der Waals surface area contributed by atoms with Crippen LogP contribution in [0.2, 0.25) is 0 Å². The maximum absolute atomic E-state index is 13.1. The second-order valence-corrected chi connectivity index (χ2v) is 7.12. The van der Waals surface area contributed by atoms with E-state index in [1.807, 2.05) is 4.90 Å². The lowest BCUT2D eigenvalue weighted by Gasteiger charge is -2.33. The number of carboxylic acid groups (broad SMARTS) is 1. The van der Waals surface area contributed by atoms with Gasteiger partial charge in [0.2, 0.25) is 0 Å². The van der Waals surface area contributed by atoms with Crippen molar-refractivity contribution in [3.8, 4) is 0 Å². The van der Waals surface area contributed by atoms with Crippen LogP contribution in [0.4, 0.5) is 24.5 Å². The first kappa shape index (κ1) is 18.4. The van der Waals surface area contributed by atoms with E-state index in [0.29, 0.717) is 16.9 Å². The first-order valence-electron chi connectivity index (χ1n) is 9.16. The lowest BCUT2D eigenvalue weighted by Crippen LogP contribution is -2.24. The van der Waals surface area contributed by atoms with Gasteiger partial charge in [0, 0.05) is 17.2 Å². The van der Waals surface area contributed by atoms with E-state index in [2.05, 4.69) is 5.73 Å². The number of hydrogen-bond acceptors (Lipinski definition) is 2. The number of carboxylic acids is 1. The van der Waals surface area contributed by atoms with Gasteiger partial charge in [0.05, 0.1) is 22.5 Å². The molecule has 1 aliphatic heterocycles. The summed E-state index contributed by atoms with van der Waals surface area (Å²) in [4.78, 5) is 13.3. The largest absolute Gasteiger partial charge is 0.478 e. The summed E-state index contributed by atoms with van der Waals surface area (Å²) in [5, 5.41) is 9.33. The van der Waals surface area contributed by atoms with Gasteiger partial charge in [0.25, 0.3) is 0 Å². The molecule has 0 unspecified atom stereocenters. The molecule has 1 saturated carbocycles. The van der Waals surface area contributed by atoms with Gasteiger partial charge in [0.1, 0.15) is 0 Å². The highest BCUT2D eigenvalue weighted by atomic mass is 19.4. The molecule has 0 saturated heterocycles. The zero-order valence-electron chi connectivity index (χ0n) is 15.0. The Morgan fingerprint density at radius 3 is 2.54 bits per heavy atom. The van der Waals surface area contributed by atoms with Crippen LogP contribution in [0.15, 0.2) is 53.9 Å². The van der Waals surface area contributed by atoms with Crippen LogP contribution in [0.25, 0.3) is 6.08 Å². The smallest absolute Gasteiger partial charge is 0.416 e. The second-order valence-electron chi connectivity index (χ2n) is 7.12. The Labute approximate surface area is 160 Å². The van der Waals surface area contributed by atoms with Crippen LogP contribution >= 0.6 is 0 Å². The fraction of sp³-hybridized carbons (Fsp3) is 0.273. The Morgan fingerprint density at radius 1 is 1.11 bits per heavy atom. The molecule has 0 atom stereocenters. The summed E-state index contributed by atoms with van der Waals surface area (Å²) in [5.74, 6) is -0.798. The number of rotatable bonds is 3. The topological polar surface area (TPSA) is 40.5 Å². The van der Waals surface area contributed by atoms with Gasteiger partial charge < -0.3 is 10.0 Å². The molecule has 2 aromatic rings. The molecule has 0 amide bonds. The standard InChI is InChI=1S/C22H18F3NO2/c23-22(24,25)17-9-11-20-15(12-17)8-10-19(14-4-1-2-5-14)26(20)18-7-3-6-16(13-18)21(27)28/h3,6-9,11-14H,1-2,4-5H2,(H,27,28). The summed E-state index contributed by atoms with van der Waals surface area (Å²) in [6, 6.07) is 10.1. The maximum atomic E-state index is 13.1. The van der Waals surface area contributed by atoms with Gasteiger partial charge in [-0.05, 0) is 55.3 Å². The predicted octanol–water partition coefficient (Wildman–Crippen LogP) is 6.24. The summed E-state index contributed by atoms with van der Waals surface area (Å²) >= 11 is 0. The number of carbonyl (C=O) groups is 1. The zero-order chi connectivity index (χ0) is 19.9. The van der Waals surface area contributed by atoms with E-state index < -0.39 is 17.7 Å². The lowest BCUT2D eigenvalue weighted by atomic mass is 9.96. The molecule has 0 aromatic heterocycles. The molecular weight excluding hydrogens is 367 g/mol. The molecule has 6 heteroatoms. The molecule has 0 bridgehead atoms. The number of anilines is 2. The molecule has 2 aromatic carbocycles. The minimum absolute atomic E-state index is 0.131. The van der Waals surface area contributed by atoms with E-state index in [9.17, 15) is 23.1 Å². The van der Waals surface area contributed by atoms with E-state index in [-0.39, 0.29) is 11.5 Å². The van der Waals surface area contributed by atoms with Crippen molar-refractivity contribution in [1.82, 2.24) is 0 Å². The van der Waals surface area contributed by atoms with Gasteiger partial charge in [-0.2, -0.15) is 13.2 Å². The Balaban J connectivity index is 1.87. The molecule has 1 aliphatic carbocycles. The van der Waals surface area contributed by atoms with E-state index in [1.54, 1.807) is 24.3 Å². The number of nitrogens with zero attached hydrogens (tertiary/aromatic N) is 1. The van der Waals surface area contributed by atoms with Crippen LogP contribution < -0.4 is 4.90 Å². The molecule has 0 radical (unpaired) electrons.